The summed E-state index contributed by atoms with van der Waals surface area (Å²) in [6.45, 7) is 3.99. The van der Waals surface area contributed by atoms with Gasteiger partial charge in [-0.15, -0.1) is 0 Å². The molecule has 1 unspecified atom stereocenters. The van der Waals surface area contributed by atoms with Gasteiger partial charge in [-0.3, -0.25) is 0 Å². The van der Waals surface area contributed by atoms with Gasteiger partial charge in [0.15, 0.2) is 5.56 Å². The summed E-state index contributed by atoms with van der Waals surface area (Å²) >= 11 is 5.59. The van der Waals surface area contributed by atoms with Crippen LogP contribution in [0.2, 0.25) is 0 Å². The van der Waals surface area contributed by atoms with Gasteiger partial charge in [0.05, 0.1) is 6.61 Å². The molecule has 0 spiro atoms. The van der Waals surface area contributed by atoms with Gasteiger partial charge in [-0.05, 0) is 13.3 Å². The number of carbonyl (C=O) groups is 1. The largest absolute Gasteiger partial charge is 0.509 e. The summed E-state index contributed by atoms with van der Waals surface area (Å²) in [5, 5.41) is 0. The molecule has 0 saturated carbocycles. The van der Waals surface area contributed by atoms with Crippen LogP contribution in [-0.4, -0.2) is 18.3 Å². The summed E-state index contributed by atoms with van der Waals surface area (Å²) in [5.74, 6) is 0. The third-order valence-corrected chi connectivity index (χ3v) is 1.31. The number of alkyl halides is 1. The van der Waals surface area contributed by atoms with Crippen molar-refractivity contribution in [2.45, 2.75) is 32.3 Å². The third kappa shape index (κ3) is 5.98. The van der Waals surface area contributed by atoms with Gasteiger partial charge in [-0.2, -0.15) is 0 Å². The first-order chi connectivity index (χ1) is 5.20. The Kier molecular flexibility index (Phi) is 6.03. The lowest BCUT2D eigenvalue weighted by molar-refractivity contribution is 0.0473. The Morgan fingerprint density at radius 1 is 1.55 bits per heavy atom. The highest BCUT2D eigenvalue weighted by Gasteiger charge is 2.09. The van der Waals surface area contributed by atoms with Crippen LogP contribution in [0.4, 0.5) is 4.79 Å². The summed E-state index contributed by atoms with van der Waals surface area (Å²) in [7, 11) is 0. The Labute approximate surface area is 71.6 Å². The third-order valence-electron chi connectivity index (χ3n) is 1.00. The van der Waals surface area contributed by atoms with E-state index in [2.05, 4.69) is 9.47 Å². The molecule has 0 aliphatic carbocycles. The summed E-state index contributed by atoms with van der Waals surface area (Å²) in [4.78, 5) is 10.6. The fraction of sp³-hybridized carbons (Fsp3) is 0.857. The van der Waals surface area contributed by atoms with Gasteiger partial charge in [-0.25, -0.2) is 4.79 Å². The van der Waals surface area contributed by atoms with E-state index in [-0.39, 0.29) is 0 Å². The van der Waals surface area contributed by atoms with Crippen LogP contribution >= 0.6 is 11.6 Å². The molecule has 4 heteroatoms. The van der Waals surface area contributed by atoms with Gasteiger partial charge >= 0.3 is 6.16 Å². The number of hydrogen-bond donors (Lipinski definition) is 0. The zero-order valence-electron chi connectivity index (χ0n) is 6.80. The minimum absolute atomic E-state index is 0.314. The van der Waals surface area contributed by atoms with Gasteiger partial charge < -0.3 is 9.47 Å². The molecule has 0 aromatic carbocycles. The number of rotatable bonds is 4. The lowest BCUT2D eigenvalue weighted by Gasteiger charge is -2.08. The molecule has 0 aromatic rings. The van der Waals surface area contributed by atoms with Crippen LogP contribution in [0, 0.1) is 0 Å². The number of hydrogen-bond acceptors (Lipinski definition) is 3. The Morgan fingerprint density at radius 2 is 2.18 bits per heavy atom. The molecule has 11 heavy (non-hydrogen) atoms. The highest BCUT2D eigenvalue weighted by molar-refractivity contribution is 6.20. The van der Waals surface area contributed by atoms with E-state index in [0.29, 0.717) is 13.0 Å². The first kappa shape index (κ1) is 10.6. The normalized spacial score (nSPS) is 12.3. The molecule has 0 bridgehead atoms. The Hall–Kier alpha value is -0.440. The maximum Gasteiger partial charge on any atom is 0.509 e. The highest BCUT2D eigenvalue weighted by atomic mass is 35.5. The van der Waals surface area contributed by atoms with Crippen molar-refractivity contribution in [3.8, 4) is 0 Å². The second kappa shape index (κ2) is 6.28. The van der Waals surface area contributed by atoms with Crippen molar-refractivity contribution in [1.82, 2.24) is 0 Å². The molecule has 0 N–H and O–H groups in total. The predicted octanol–water partition coefficient (Wildman–Crippen LogP) is 2.52. The van der Waals surface area contributed by atoms with Crippen molar-refractivity contribution in [1.29, 1.82) is 0 Å². The van der Waals surface area contributed by atoms with Crippen molar-refractivity contribution in [2.24, 2.45) is 0 Å². The van der Waals surface area contributed by atoms with Crippen molar-refractivity contribution in [2.75, 3.05) is 6.61 Å². The van der Waals surface area contributed by atoms with Gasteiger partial charge in [0.1, 0.15) is 0 Å². The van der Waals surface area contributed by atoms with E-state index in [1.165, 1.54) is 0 Å². The second-order valence-corrected chi connectivity index (χ2v) is 2.49. The highest BCUT2D eigenvalue weighted by Crippen LogP contribution is 2.07. The molecule has 0 heterocycles. The Balaban J connectivity index is 3.40. The standard InChI is InChI=1S/C7H13ClO3/c1-3-5-6(8)11-7(9)10-4-2/h6H,3-5H2,1-2H3. The summed E-state index contributed by atoms with van der Waals surface area (Å²) in [6, 6.07) is 0. The first-order valence-corrected chi connectivity index (χ1v) is 4.11. The van der Waals surface area contributed by atoms with Crippen molar-refractivity contribution >= 4 is 17.8 Å². The molecule has 66 valence electrons. The molecule has 0 saturated heterocycles. The first-order valence-electron chi connectivity index (χ1n) is 3.68. The lowest BCUT2D eigenvalue weighted by Crippen LogP contribution is -2.13. The Bertz CT molecular complexity index is 116. The quantitative estimate of drug-likeness (QED) is 0.493. The molecule has 0 aliphatic rings. The topological polar surface area (TPSA) is 35.5 Å². The van der Waals surface area contributed by atoms with E-state index in [0.717, 1.165) is 6.42 Å². The lowest BCUT2D eigenvalue weighted by atomic mass is 10.4. The fourth-order valence-corrected chi connectivity index (χ4v) is 0.833. The number of halogens is 1. The average Bonchev–Trinajstić information content (AvgIpc) is 1.87. The minimum atomic E-state index is -0.694. The molecule has 0 rings (SSSR count). The summed E-state index contributed by atoms with van der Waals surface area (Å²) < 4.78 is 9.15. The van der Waals surface area contributed by atoms with E-state index < -0.39 is 11.7 Å². The van der Waals surface area contributed by atoms with E-state index in [1.807, 2.05) is 6.92 Å². The molecule has 0 aromatic heterocycles. The van der Waals surface area contributed by atoms with E-state index >= 15 is 0 Å². The fourth-order valence-electron chi connectivity index (χ4n) is 0.542. The maximum atomic E-state index is 10.6. The number of carbonyl (C=O) groups excluding carboxylic acids is 1. The van der Waals surface area contributed by atoms with E-state index in [9.17, 15) is 4.79 Å². The van der Waals surface area contributed by atoms with E-state index in [4.69, 9.17) is 11.6 Å². The summed E-state index contributed by atoms with van der Waals surface area (Å²) in [6.07, 6.45) is 0.842. The molecule has 3 nitrogen and oxygen atoms in total. The molecular formula is C7H13ClO3. The summed E-state index contributed by atoms with van der Waals surface area (Å²) in [5.41, 5.74) is -0.556. The number of ether oxygens (including phenoxy) is 2. The molecule has 0 aliphatic heterocycles. The van der Waals surface area contributed by atoms with Gasteiger partial charge in [-0.1, -0.05) is 24.9 Å². The van der Waals surface area contributed by atoms with Crippen molar-refractivity contribution in [3.05, 3.63) is 0 Å². The van der Waals surface area contributed by atoms with Crippen LogP contribution in [-0.2, 0) is 9.47 Å². The Morgan fingerprint density at radius 3 is 2.64 bits per heavy atom. The maximum absolute atomic E-state index is 10.6. The molecule has 0 fully saturated rings. The predicted molar refractivity (Wildman–Crippen MR) is 42.7 cm³/mol. The van der Waals surface area contributed by atoms with E-state index in [1.54, 1.807) is 6.92 Å². The SMILES string of the molecule is CCCC(Cl)OC(=O)OCC. The van der Waals surface area contributed by atoms with Crippen LogP contribution < -0.4 is 0 Å². The van der Waals surface area contributed by atoms with Crippen LogP contribution in [0.25, 0.3) is 0 Å². The molecular weight excluding hydrogens is 168 g/mol. The second-order valence-electron chi connectivity index (χ2n) is 2.00. The monoisotopic (exact) mass is 180 g/mol. The zero-order valence-corrected chi connectivity index (χ0v) is 7.56. The van der Waals surface area contributed by atoms with Gasteiger partial charge in [0, 0.05) is 0 Å². The van der Waals surface area contributed by atoms with Gasteiger partial charge in [0.2, 0.25) is 0 Å². The minimum Gasteiger partial charge on any atom is -0.435 e. The molecule has 0 amide bonds. The van der Waals surface area contributed by atoms with Crippen molar-refractivity contribution in [3.63, 3.8) is 0 Å². The molecule has 1 atom stereocenters. The molecule has 0 radical (unpaired) electrons. The smallest absolute Gasteiger partial charge is 0.435 e. The van der Waals surface area contributed by atoms with Crippen LogP contribution in [0.15, 0.2) is 0 Å². The van der Waals surface area contributed by atoms with Gasteiger partial charge in [0.25, 0.3) is 0 Å². The zero-order chi connectivity index (χ0) is 8.69. The van der Waals surface area contributed by atoms with Crippen LogP contribution in [0.1, 0.15) is 26.7 Å². The van der Waals surface area contributed by atoms with Crippen molar-refractivity contribution < 1.29 is 14.3 Å². The van der Waals surface area contributed by atoms with Crippen LogP contribution in [0.3, 0.4) is 0 Å². The van der Waals surface area contributed by atoms with Crippen LogP contribution in [0.5, 0.6) is 0 Å². The average molecular weight is 181 g/mol.